The number of aliphatic hydroxyl groups is 1. The summed E-state index contributed by atoms with van der Waals surface area (Å²) >= 11 is 0. The molecule has 0 atom stereocenters. The van der Waals surface area contributed by atoms with Crippen LogP contribution in [0.3, 0.4) is 0 Å². The van der Waals surface area contributed by atoms with Crippen molar-refractivity contribution >= 4 is 18.1 Å². The highest BCUT2D eigenvalue weighted by atomic mass is 16.5. The number of aryl methyl sites for hydroxylation is 1. The fraction of sp³-hybridized carbons (Fsp3) is 0.333. The largest absolute Gasteiger partial charge is 0.477 e. The zero-order valence-corrected chi connectivity index (χ0v) is 13.5. The zero-order valence-electron chi connectivity index (χ0n) is 13.5. The molecule has 0 aliphatic carbocycles. The molecule has 0 aliphatic rings. The molecule has 0 saturated heterocycles. The van der Waals surface area contributed by atoms with Crippen molar-refractivity contribution in [2.75, 3.05) is 6.61 Å². The van der Waals surface area contributed by atoms with E-state index in [1.54, 1.807) is 13.0 Å². The second-order valence-electron chi connectivity index (χ2n) is 4.84. The number of unbranched alkanes of at least 4 members (excludes halogenated alkanes) is 1. The van der Waals surface area contributed by atoms with Crippen LogP contribution >= 0.6 is 0 Å². The molecule has 0 fully saturated rings. The molecule has 5 heteroatoms. The van der Waals surface area contributed by atoms with Crippen LogP contribution in [0.5, 0.6) is 0 Å². The van der Waals surface area contributed by atoms with Crippen molar-refractivity contribution in [3.05, 3.63) is 52.9 Å². The first-order chi connectivity index (χ1) is 11.1. The number of carboxylic acid groups (broad SMARTS) is 1. The van der Waals surface area contributed by atoms with Crippen molar-refractivity contribution in [2.24, 2.45) is 0 Å². The third-order valence-corrected chi connectivity index (χ3v) is 3.00. The lowest BCUT2D eigenvalue weighted by molar-refractivity contribution is 0.0694. The molecule has 124 valence electrons. The minimum absolute atomic E-state index is 0.172. The minimum atomic E-state index is -0.995. The van der Waals surface area contributed by atoms with Crippen molar-refractivity contribution in [2.45, 2.75) is 33.1 Å². The molecule has 0 aliphatic heterocycles. The number of carbonyl (C=O) groups is 1. The van der Waals surface area contributed by atoms with Crippen LogP contribution in [-0.2, 0) is 6.42 Å². The summed E-state index contributed by atoms with van der Waals surface area (Å²) in [4.78, 5) is 11.3. The Bertz CT molecular complexity index is 617. The smallest absolute Gasteiger partial charge is 0.341 e. The Morgan fingerprint density at radius 2 is 1.87 bits per heavy atom. The van der Waals surface area contributed by atoms with E-state index in [1.165, 1.54) is 0 Å². The van der Waals surface area contributed by atoms with E-state index in [-0.39, 0.29) is 12.2 Å². The average molecular weight is 317 g/mol. The molecule has 0 unspecified atom stereocenters. The molecule has 2 aromatic rings. The fourth-order valence-corrected chi connectivity index (χ4v) is 1.93. The summed E-state index contributed by atoms with van der Waals surface area (Å²) in [5, 5.41) is 20.7. The molecular formula is C18H23NO4. The normalized spacial score (nSPS) is 10.4. The predicted molar refractivity (Wildman–Crippen MR) is 90.2 cm³/mol. The highest BCUT2D eigenvalue weighted by Crippen LogP contribution is 2.19. The average Bonchev–Trinajstić information content (AvgIpc) is 2.96. The Labute approximate surface area is 136 Å². The highest BCUT2D eigenvalue weighted by molar-refractivity contribution is 5.93. The predicted octanol–water partition coefficient (Wildman–Crippen LogP) is 3.88. The molecule has 2 rings (SSSR count). The van der Waals surface area contributed by atoms with Crippen LogP contribution in [0.4, 0.5) is 0 Å². The van der Waals surface area contributed by atoms with Crippen LogP contribution in [0.15, 0.2) is 34.9 Å². The molecule has 23 heavy (non-hydrogen) atoms. The number of rotatable bonds is 6. The van der Waals surface area contributed by atoms with E-state index in [9.17, 15) is 9.90 Å². The van der Waals surface area contributed by atoms with Crippen molar-refractivity contribution in [1.82, 2.24) is 5.16 Å². The van der Waals surface area contributed by atoms with Gasteiger partial charge in [-0.25, -0.2) is 4.79 Å². The third kappa shape index (κ3) is 6.08. The number of hydrogen-bond acceptors (Lipinski definition) is 4. The highest BCUT2D eigenvalue weighted by Gasteiger charge is 2.20. The third-order valence-electron chi connectivity index (χ3n) is 3.00. The van der Waals surface area contributed by atoms with E-state index in [2.05, 4.69) is 12.1 Å². The number of aromatic carboxylic acids is 1. The Balaban J connectivity index is 0.000000816. The van der Waals surface area contributed by atoms with Crippen LogP contribution in [-0.4, -0.2) is 27.9 Å². The van der Waals surface area contributed by atoms with Gasteiger partial charge in [0.05, 0.1) is 5.69 Å². The Kier molecular flexibility index (Phi) is 8.39. The molecule has 1 heterocycles. The van der Waals surface area contributed by atoms with Gasteiger partial charge < -0.3 is 14.7 Å². The lowest BCUT2D eigenvalue weighted by Gasteiger charge is -1.96. The summed E-state index contributed by atoms with van der Waals surface area (Å²) in [7, 11) is 0. The quantitative estimate of drug-likeness (QED) is 0.844. The fourth-order valence-electron chi connectivity index (χ4n) is 1.93. The van der Waals surface area contributed by atoms with Gasteiger partial charge in [-0.1, -0.05) is 54.9 Å². The SMILES string of the molecule is CCCCc1noc(/C=C/c2ccccc2)c1C(=O)O.CCO. The van der Waals surface area contributed by atoms with E-state index in [0.717, 1.165) is 18.4 Å². The van der Waals surface area contributed by atoms with Crippen LogP contribution in [0, 0.1) is 0 Å². The van der Waals surface area contributed by atoms with E-state index < -0.39 is 5.97 Å². The molecule has 0 amide bonds. The van der Waals surface area contributed by atoms with Gasteiger partial charge in [0.2, 0.25) is 0 Å². The zero-order chi connectivity index (χ0) is 17.1. The second-order valence-corrected chi connectivity index (χ2v) is 4.84. The van der Waals surface area contributed by atoms with Crippen molar-refractivity contribution in [3.8, 4) is 0 Å². The Morgan fingerprint density at radius 3 is 2.43 bits per heavy atom. The standard InChI is InChI=1S/C16H17NO3.C2H6O/c1-2-3-9-13-15(16(18)19)14(20-17-13)11-10-12-7-5-4-6-8-12;1-2-3/h4-8,10-11H,2-3,9H2,1H3,(H,18,19);3H,2H2,1H3/b11-10+;. The van der Waals surface area contributed by atoms with Crippen molar-refractivity contribution in [3.63, 3.8) is 0 Å². The maximum absolute atomic E-state index is 11.3. The topological polar surface area (TPSA) is 83.6 Å². The first-order valence-corrected chi connectivity index (χ1v) is 7.69. The van der Waals surface area contributed by atoms with Gasteiger partial charge in [0, 0.05) is 6.61 Å². The Hall–Kier alpha value is -2.40. The van der Waals surface area contributed by atoms with E-state index >= 15 is 0 Å². The summed E-state index contributed by atoms with van der Waals surface area (Å²) in [5.74, 6) is -0.697. The summed E-state index contributed by atoms with van der Waals surface area (Å²) in [6.45, 7) is 3.98. The van der Waals surface area contributed by atoms with Crippen molar-refractivity contribution in [1.29, 1.82) is 0 Å². The van der Waals surface area contributed by atoms with Crippen LogP contribution in [0.25, 0.3) is 12.2 Å². The van der Waals surface area contributed by atoms with Gasteiger partial charge in [-0.15, -0.1) is 0 Å². The van der Waals surface area contributed by atoms with Gasteiger partial charge in [0.1, 0.15) is 5.56 Å². The number of benzene rings is 1. The summed E-state index contributed by atoms with van der Waals surface area (Å²) in [6.07, 6.45) is 5.98. The molecule has 0 bridgehead atoms. The molecule has 0 saturated carbocycles. The van der Waals surface area contributed by atoms with Gasteiger partial charge in [-0.05, 0) is 31.4 Å². The van der Waals surface area contributed by atoms with Crippen LogP contribution in [0.2, 0.25) is 0 Å². The molecule has 5 nitrogen and oxygen atoms in total. The monoisotopic (exact) mass is 317 g/mol. The van der Waals surface area contributed by atoms with Crippen LogP contribution < -0.4 is 0 Å². The summed E-state index contributed by atoms with van der Waals surface area (Å²) in [6, 6.07) is 9.64. The molecule has 2 N–H and O–H groups in total. The van der Waals surface area contributed by atoms with Crippen LogP contribution in [0.1, 0.15) is 54.1 Å². The van der Waals surface area contributed by atoms with Gasteiger partial charge in [-0.3, -0.25) is 0 Å². The van der Waals surface area contributed by atoms with E-state index in [0.29, 0.717) is 17.9 Å². The van der Waals surface area contributed by atoms with Gasteiger partial charge in [0.25, 0.3) is 0 Å². The molecule has 1 aromatic carbocycles. The molecule has 0 spiro atoms. The molecular weight excluding hydrogens is 294 g/mol. The van der Waals surface area contributed by atoms with E-state index in [1.807, 2.05) is 36.4 Å². The summed E-state index contributed by atoms with van der Waals surface area (Å²) in [5.41, 5.74) is 1.67. The lowest BCUT2D eigenvalue weighted by atomic mass is 10.1. The van der Waals surface area contributed by atoms with E-state index in [4.69, 9.17) is 9.63 Å². The van der Waals surface area contributed by atoms with Crippen molar-refractivity contribution < 1.29 is 19.5 Å². The minimum Gasteiger partial charge on any atom is -0.477 e. The van der Waals surface area contributed by atoms with Gasteiger partial charge in [-0.2, -0.15) is 0 Å². The molecule has 1 aromatic heterocycles. The number of aliphatic hydroxyl groups excluding tert-OH is 1. The maximum atomic E-state index is 11.3. The maximum Gasteiger partial charge on any atom is 0.341 e. The van der Waals surface area contributed by atoms with Gasteiger partial charge >= 0.3 is 5.97 Å². The first-order valence-electron chi connectivity index (χ1n) is 7.69. The lowest BCUT2D eigenvalue weighted by Crippen LogP contribution is -2.02. The number of hydrogen-bond donors (Lipinski definition) is 2. The first kappa shape index (κ1) is 18.6. The Morgan fingerprint density at radius 1 is 1.22 bits per heavy atom. The number of carboxylic acids is 1. The summed E-state index contributed by atoms with van der Waals surface area (Å²) < 4.78 is 5.16. The second kappa shape index (κ2) is 10.3. The van der Waals surface area contributed by atoms with Gasteiger partial charge in [0.15, 0.2) is 5.76 Å². The number of nitrogens with zero attached hydrogens (tertiary/aromatic N) is 1. The molecule has 0 radical (unpaired) electrons. The number of aromatic nitrogens is 1.